The van der Waals surface area contributed by atoms with Crippen molar-refractivity contribution in [3.63, 3.8) is 0 Å². The van der Waals surface area contributed by atoms with Crippen LogP contribution in [0.2, 0.25) is 0 Å². The number of amides is 2. The van der Waals surface area contributed by atoms with E-state index in [0.717, 1.165) is 5.56 Å². The Morgan fingerprint density at radius 2 is 1.50 bits per heavy atom. The Morgan fingerprint density at radius 1 is 0.933 bits per heavy atom. The van der Waals surface area contributed by atoms with Crippen molar-refractivity contribution in [1.29, 1.82) is 0 Å². The Hall–Kier alpha value is -2.61. The van der Waals surface area contributed by atoms with Crippen LogP contribution in [0.1, 0.15) is 32.8 Å². The molecule has 2 amide bonds. The smallest absolute Gasteiger partial charge is 0.410 e. The molecule has 1 atom stereocenters. The molecule has 1 rings (SSSR count). The number of esters is 1. The van der Waals surface area contributed by atoms with Gasteiger partial charge in [0.25, 0.3) is 0 Å². The van der Waals surface area contributed by atoms with Crippen molar-refractivity contribution in [2.24, 2.45) is 0 Å². The van der Waals surface area contributed by atoms with Gasteiger partial charge in [-0.25, -0.2) is 4.79 Å². The first-order valence-electron chi connectivity index (χ1n) is 9.95. The minimum atomic E-state index is -0.648. The van der Waals surface area contributed by atoms with E-state index in [1.165, 1.54) is 9.80 Å². The number of carbonyl (C=O) groups excluding carboxylic acids is 3. The summed E-state index contributed by atoms with van der Waals surface area (Å²) >= 11 is 0. The fourth-order valence-electron chi connectivity index (χ4n) is 2.54. The lowest BCUT2D eigenvalue weighted by Crippen LogP contribution is -2.48. The highest BCUT2D eigenvalue weighted by atomic mass is 16.6. The first kappa shape index (κ1) is 25.4. The van der Waals surface area contributed by atoms with Gasteiger partial charge in [-0.1, -0.05) is 30.3 Å². The zero-order valence-electron chi connectivity index (χ0n) is 19.2. The molecular weight excluding hydrogens is 386 g/mol. The predicted molar refractivity (Wildman–Crippen MR) is 115 cm³/mol. The molecule has 0 aromatic heterocycles. The molecule has 1 aromatic carbocycles. The average molecular weight is 422 g/mol. The standard InChI is InChI=1S/C22H35N3O5/c1-22(2,3)30-21(28)25(7)14-13-24(6)20(27)18(23(4)5)15-19(26)29-16-17-11-9-8-10-12-17/h8-12,18H,13-16H2,1-7H3/t18-/m0/s1. The summed E-state index contributed by atoms with van der Waals surface area (Å²) in [6.07, 6.45) is -0.498. The molecule has 30 heavy (non-hydrogen) atoms. The van der Waals surface area contributed by atoms with Gasteiger partial charge in [0, 0.05) is 27.2 Å². The van der Waals surface area contributed by atoms with Crippen LogP contribution in [0.25, 0.3) is 0 Å². The lowest BCUT2D eigenvalue weighted by atomic mass is 10.1. The van der Waals surface area contributed by atoms with E-state index < -0.39 is 23.7 Å². The van der Waals surface area contributed by atoms with Gasteiger partial charge in [-0.3, -0.25) is 14.5 Å². The van der Waals surface area contributed by atoms with Gasteiger partial charge in [0.1, 0.15) is 12.2 Å². The highest BCUT2D eigenvalue weighted by Gasteiger charge is 2.28. The van der Waals surface area contributed by atoms with Crippen LogP contribution in [0.15, 0.2) is 30.3 Å². The molecule has 0 aliphatic rings. The van der Waals surface area contributed by atoms with Crippen molar-refractivity contribution in [2.75, 3.05) is 41.3 Å². The van der Waals surface area contributed by atoms with Crippen LogP contribution >= 0.6 is 0 Å². The number of likely N-dealkylation sites (N-methyl/N-ethyl adjacent to an activating group) is 3. The maximum atomic E-state index is 12.8. The van der Waals surface area contributed by atoms with Crippen LogP contribution in [0, 0.1) is 0 Å². The van der Waals surface area contributed by atoms with E-state index in [1.54, 1.807) is 53.9 Å². The van der Waals surface area contributed by atoms with E-state index in [0.29, 0.717) is 13.1 Å². The van der Waals surface area contributed by atoms with Crippen LogP contribution in [0.3, 0.4) is 0 Å². The van der Waals surface area contributed by atoms with Crippen LogP contribution in [-0.2, 0) is 25.7 Å². The maximum Gasteiger partial charge on any atom is 0.410 e. The number of nitrogens with zero attached hydrogens (tertiary/aromatic N) is 3. The third-order valence-corrected chi connectivity index (χ3v) is 4.36. The summed E-state index contributed by atoms with van der Waals surface area (Å²) in [5.41, 5.74) is 0.310. The SMILES string of the molecule is CN(CCN(C)C(=O)[C@H](CC(=O)OCc1ccccc1)N(C)C)C(=O)OC(C)(C)C. The molecule has 0 spiro atoms. The first-order chi connectivity index (χ1) is 13.9. The number of hydrogen-bond donors (Lipinski definition) is 0. The van der Waals surface area contributed by atoms with E-state index in [4.69, 9.17) is 9.47 Å². The second-order valence-corrected chi connectivity index (χ2v) is 8.49. The minimum absolute atomic E-state index is 0.0507. The molecule has 0 N–H and O–H groups in total. The first-order valence-corrected chi connectivity index (χ1v) is 9.95. The topological polar surface area (TPSA) is 79.4 Å². The van der Waals surface area contributed by atoms with Crippen molar-refractivity contribution in [3.8, 4) is 0 Å². The molecule has 0 saturated carbocycles. The minimum Gasteiger partial charge on any atom is -0.461 e. The molecule has 0 aliphatic carbocycles. The monoisotopic (exact) mass is 421 g/mol. The van der Waals surface area contributed by atoms with E-state index in [1.807, 2.05) is 30.3 Å². The zero-order chi connectivity index (χ0) is 22.9. The molecule has 8 heteroatoms. The van der Waals surface area contributed by atoms with Crippen LogP contribution in [-0.4, -0.2) is 85.6 Å². The van der Waals surface area contributed by atoms with Crippen molar-refractivity contribution in [1.82, 2.24) is 14.7 Å². The summed E-state index contributed by atoms with van der Waals surface area (Å²) in [5.74, 6) is -0.653. The Labute approximate surface area is 179 Å². The van der Waals surface area contributed by atoms with Gasteiger partial charge in [-0.05, 0) is 40.4 Å². The lowest BCUT2D eigenvalue weighted by Gasteiger charge is -2.29. The number of rotatable bonds is 9. The molecule has 0 fully saturated rings. The highest BCUT2D eigenvalue weighted by molar-refractivity contribution is 5.86. The normalized spacial score (nSPS) is 12.3. The van der Waals surface area contributed by atoms with Gasteiger partial charge in [-0.2, -0.15) is 0 Å². The maximum absolute atomic E-state index is 12.8. The summed E-state index contributed by atoms with van der Waals surface area (Å²) in [5, 5.41) is 0. The summed E-state index contributed by atoms with van der Waals surface area (Å²) < 4.78 is 10.6. The van der Waals surface area contributed by atoms with Crippen LogP contribution < -0.4 is 0 Å². The van der Waals surface area contributed by atoms with Gasteiger partial charge in [0.05, 0.1) is 12.5 Å². The molecule has 1 aromatic rings. The predicted octanol–water partition coefficient (Wildman–Crippen LogP) is 2.38. The van der Waals surface area contributed by atoms with E-state index in [9.17, 15) is 14.4 Å². The molecule has 0 radical (unpaired) electrons. The van der Waals surface area contributed by atoms with Crippen LogP contribution in [0.5, 0.6) is 0 Å². The second kappa shape index (κ2) is 11.5. The number of benzene rings is 1. The molecule has 0 heterocycles. The number of hydrogen-bond acceptors (Lipinski definition) is 6. The molecule has 0 bridgehead atoms. The third-order valence-electron chi connectivity index (χ3n) is 4.36. The fourth-order valence-corrected chi connectivity index (χ4v) is 2.54. The molecule has 0 saturated heterocycles. The van der Waals surface area contributed by atoms with E-state index in [2.05, 4.69) is 0 Å². The van der Waals surface area contributed by atoms with Crippen LogP contribution in [0.4, 0.5) is 4.79 Å². The molecule has 0 aliphatic heterocycles. The number of carbonyl (C=O) groups is 3. The summed E-state index contributed by atoms with van der Waals surface area (Å²) in [4.78, 5) is 41.8. The van der Waals surface area contributed by atoms with E-state index >= 15 is 0 Å². The Balaban J connectivity index is 2.56. The zero-order valence-corrected chi connectivity index (χ0v) is 19.2. The lowest BCUT2D eigenvalue weighted by molar-refractivity contribution is -0.150. The highest BCUT2D eigenvalue weighted by Crippen LogP contribution is 2.10. The van der Waals surface area contributed by atoms with E-state index in [-0.39, 0.29) is 18.9 Å². The molecule has 168 valence electrons. The Morgan fingerprint density at radius 3 is 2.03 bits per heavy atom. The summed E-state index contributed by atoms with van der Waals surface area (Å²) in [7, 11) is 6.76. The van der Waals surface area contributed by atoms with Gasteiger partial charge in [-0.15, -0.1) is 0 Å². The third kappa shape index (κ3) is 9.26. The van der Waals surface area contributed by atoms with Gasteiger partial charge in [0.15, 0.2) is 0 Å². The fraction of sp³-hybridized carbons (Fsp3) is 0.591. The quantitative estimate of drug-likeness (QED) is 0.570. The molecule has 0 unspecified atom stereocenters. The summed E-state index contributed by atoms with van der Waals surface area (Å²) in [6, 6.07) is 8.73. The number of ether oxygens (including phenoxy) is 2. The summed E-state index contributed by atoms with van der Waals surface area (Å²) in [6.45, 7) is 6.20. The second-order valence-electron chi connectivity index (χ2n) is 8.49. The largest absolute Gasteiger partial charge is 0.461 e. The van der Waals surface area contributed by atoms with Gasteiger partial charge >= 0.3 is 12.1 Å². The van der Waals surface area contributed by atoms with Crippen molar-refractivity contribution in [3.05, 3.63) is 35.9 Å². The van der Waals surface area contributed by atoms with Gasteiger partial charge < -0.3 is 19.3 Å². The van der Waals surface area contributed by atoms with Crippen molar-refractivity contribution < 1.29 is 23.9 Å². The Bertz CT molecular complexity index is 700. The average Bonchev–Trinajstić information content (AvgIpc) is 2.67. The Kier molecular flexibility index (Phi) is 9.78. The molecular formula is C22H35N3O5. The molecule has 8 nitrogen and oxygen atoms in total. The van der Waals surface area contributed by atoms with Gasteiger partial charge in [0.2, 0.25) is 5.91 Å². The van der Waals surface area contributed by atoms with Crippen molar-refractivity contribution in [2.45, 2.75) is 45.4 Å². The van der Waals surface area contributed by atoms with Crippen molar-refractivity contribution >= 4 is 18.0 Å².